The number of amides is 2. The Bertz CT molecular complexity index is 1390. The Hall–Kier alpha value is -4.14. The maximum Gasteiger partial charge on any atom is 0.321 e. The summed E-state index contributed by atoms with van der Waals surface area (Å²) >= 11 is 0. The van der Waals surface area contributed by atoms with Crippen molar-refractivity contribution >= 4 is 29.2 Å². The molecule has 0 spiro atoms. The molecule has 2 amide bonds. The van der Waals surface area contributed by atoms with Crippen molar-refractivity contribution in [2.45, 2.75) is 25.2 Å². The molecule has 0 unspecified atom stereocenters. The van der Waals surface area contributed by atoms with Crippen LogP contribution in [0.2, 0.25) is 0 Å². The minimum absolute atomic E-state index is 0.0531. The molecule has 4 aromatic rings. The van der Waals surface area contributed by atoms with E-state index in [0.717, 1.165) is 29.7 Å². The minimum Gasteiger partial charge on any atom is -0.338 e. The van der Waals surface area contributed by atoms with Crippen molar-refractivity contribution in [3.05, 3.63) is 60.3 Å². The lowest BCUT2D eigenvalue weighted by Gasteiger charge is -2.11. The maximum atomic E-state index is 14.7. The molecular weight excluding hydrogens is 433 g/mol. The second-order valence-corrected chi connectivity index (χ2v) is 8.30. The number of hydrogen-bond donors (Lipinski definition) is 3. The SMILES string of the molecule is CCNC(=O)Nc1nc2c(-c3ncccc3F)cc(-c3ccc(C4(C=NC)CC4)nc3)cc2[nH]1. The molecule has 5 rings (SSSR count). The normalized spacial score (nSPS) is 14.4. The van der Waals surface area contributed by atoms with Crippen LogP contribution in [0.15, 0.2) is 53.8 Å². The Labute approximate surface area is 195 Å². The highest BCUT2D eigenvalue weighted by Gasteiger charge is 2.44. The lowest BCUT2D eigenvalue weighted by molar-refractivity contribution is 0.252. The van der Waals surface area contributed by atoms with Crippen molar-refractivity contribution in [2.24, 2.45) is 4.99 Å². The van der Waals surface area contributed by atoms with E-state index in [4.69, 9.17) is 4.98 Å². The van der Waals surface area contributed by atoms with E-state index in [1.165, 1.54) is 12.3 Å². The van der Waals surface area contributed by atoms with Gasteiger partial charge in [-0.05, 0) is 55.7 Å². The number of pyridine rings is 2. The summed E-state index contributed by atoms with van der Waals surface area (Å²) in [6.45, 7) is 2.31. The summed E-state index contributed by atoms with van der Waals surface area (Å²) in [6.07, 6.45) is 7.42. The predicted molar refractivity (Wildman–Crippen MR) is 131 cm³/mol. The topological polar surface area (TPSA) is 108 Å². The average Bonchev–Trinajstić information content (AvgIpc) is 3.50. The van der Waals surface area contributed by atoms with Crippen LogP contribution in [-0.2, 0) is 5.41 Å². The van der Waals surface area contributed by atoms with E-state index < -0.39 is 5.82 Å². The second kappa shape index (κ2) is 8.66. The first-order chi connectivity index (χ1) is 16.5. The largest absolute Gasteiger partial charge is 0.338 e. The number of aromatic amines is 1. The summed E-state index contributed by atoms with van der Waals surface area (Å²) in [7, 11) is 1.78. The summed E-state index contributed by atoms with van der Waals surface area (Å²) in [5.74, 6) is -0.191. The molecular formula is C25H24FN7O. The number of nitrogens with one attached hydrogen (secondary N) is 3. The number of halogens is 1. The maximum absolute atomic E-state index is 14.7. The molecule has 172 valence electrons. The lowest BCUT2D eigenvalue weighted by Crippen LogP contribution is -2.28. The number of nitrogens with zero attached hydrogens (tertiary/aromatic N) is 4. The molecule has 0 radical (unpaired) electrons. The van der Waals surface area contributed by atoms with Crippen LogP contribution in [0.25, 0.3) is 33.4 Å². The number of carbonyl (C=O) groups excluding carboxylic acids is 1. The van der Waals surface area contributed by atoms with E-state index in [2.05, 4.69) is 30.6 Å². The molecule has 1 fully saturated rings. The number of H-pyrrole nitrogens is 1. The van der Waals surface area contributed by atoms with Gasteiger partial charge in [0.1, 0.15) is 17.0 Å². The molecule has 8 nitrogen and oxygen atoms in total. The number of rotatable bonds is 6. The summed E-state index contributed by atoms with van der Waals surface area (Å²) < 4.78 is 14.7. The third kappa shape index (κ3) is 4.00. The fourth-order valence-electron chi connectivity index (χ4n) is 4.11. The van der Waals surface area contributed by atoms with Gasteiger partial charge in [0, 0.05) is 48.7 Å². The Morgan fingerprint density at radius 2 is 2.09 bits per heavy atom. The van der Waals surface area contributed by atoms with Crippen LogP contribution in [0.5, 0.6) is 0 Å². The molecule has 1 aliphatic rings. The van der Waals surface area contributed by atoms with E-state index in [1.54, 1.807) is 13.1 Å². The van der Waals surface area contributed by atoms with Crippen LogP contribution in [0.4, 0.5) is 15.1 Å². The standard InChI is InChI=1S/C25H24FN7O/c1-3-28-24(34)33-23-31-19-12-16(11-17(22(19)32-23)21-18(26)5-4-10-29-21)15-6-7-20(30-13-15)25(8-9-25)14-27-2/h4-7,10-14H,3,8-9H2,1-2H3,(H3,28,31,32,33,34). The van der Waals surface area contributed by atoms with Gasteiger partial charge in [0.25, 0.3) is 0 Å². The molecule has 34 heavy (non-hydrogen) atoms. The predicted octanol–water partition coefficient (Wildman–Crippen LogP) is 4.70. The number of carbonyl (C=O) groups is 1. The summed E-state index contributed by atoms with van der Waals surface area (Å²) in [4.78, 5) is 32.7. The van der Waals surface area contributed by atoms with Gasteiger partial charge < -0.3 is 10.3 Å². The fourth-order valence-corrected chi connectivity index (χ4v) is 4.11. The van der Waals surface area contributed by atoms with Crippen molar-refractivity contribution in [2.75, 3.05) is 18.9 Å². The molecule has 0 bridgehead atoms. The first-order valence-electron chi connectivity index (χ1n) is 11.1. The van der Waals surface area contributed by atoms with Gasteiger partial charge in [-0.25, -0.2) is 14.2 Å². The van der Waals surface area contributed by atoms with E-state index in [1.807, 2.05) is 43.6 Å². The number of anilines is 1. The first-order valence-corrected chi connectivity index (χ1v) is 11.1. The fraction of sp³-hybridized carbons (Fsp3) is 0.240. The molecule has 1 aromatic carbocycles. The molecule has 1 aliphatic carbocycles. The van der Waals surface area contributed by atoms with E-state index in [-0.39, 0.29) is 23.1 Å². The first kappa shape index (κ1) is 21.7. The second-order valence-electron chi connectivity index (χ2n) is 8.30. The van der Waals surface area contributed by atoms with Gasteiger partial charge in [-0.2, -0.15) is 0 Å². The summed E-state index contributed by atoms with van der Waals surface area (Å²) in [5.41, 5.74) is 4.50. The highest BCUT2D eigenvalue weighted by atomic mass is 19.1. The highest BCUT2D eigenvalue weighted by molar-refractivity contribution is 5.98. The third-order valence-corrected chi connectivity index (χ3v) is 5.94. The Balaban J connectivity index is 1.60. The Kier molecular flexibility index (Phi) is 5.53. The van der Waals surface area contributed by atoms with E-state index in [9.17, 15) is 9.18 Å². The Morgan fingerprint density at radius 3 is 2.76 bits per heavy atom. The van der Waals surface area contributed by atoms with Crippen molar-refractivity contribution in [1.82, 2.24) is 25.3 Å². The molecule has 3 aromatic heterocycles. The number of benzene rings is 1. The quantitative estimate of drug-likeness (QED) is 0.365. The molecule has 0 aliphatic heterocycles. The molecule has 0 atom stereocenters. The van der Waals surface area contributed by atoms with Crippen molar-refractivity contribution in [3.8, 4) is 22.4 Å². The van der Waals surface area contributed by atoms with Gasteiger partial charge >= 0.3 is 6.03 Å². The lowest BCUT2D eigenvalue weighted by atomic mass is 9.98. The number of urea groups is 1. The number of aliphatic imine (C=N–C) groups is 1. The van der Waals surface area contributed by atoms with Crippen molar-refractivity contribution < 1.29 is 9.18 Å². The number of imidazole rings is 1. The summed E-state index contributed by atoms with van der Waals surface area (Å²) in [5, 5.41) is 5.33. The zero-order chi connectivity index (χ0) is 23.7. The van der Waals surface area contributed by atoms with Crippen LogP contribution in [-0.4, -0.2) is 45.8 Å². The zero-order valence-corrected chi connectivity index (χ0v) is 18.9. The van der Waals surface area contributed by atoms with E-state index >= 15 is 0 Å². The summed E-state index contributed by atoms with van der Waals surface area (Å²) in [6, 6.07) is 10.3. The Morgan fingerprint density at radius 1 is 1.24 bits per heavy atom. The molecule has 9 heteroatoms. The molecule has 3 N–H and O–H groups in total. The van der Waals surface area contributed by atoms with Crippen molar-refractivity contribution in [1.29, 1.82) is 0 Å². The number of hydrogen-bond acceptors (Lipinski definition) is 5. The minimum atomic E-state index is -0.454. The van der Waals surface area contributed by atoms with Gasteiger partial charge in [-0.3, -0.25) is 20.3 Å². The third-order valence-electron chi connectivity index (χ3n) is 5.94. The van der Waals surface area contributed by atoms with Crippen LogP contribution in [0.1, 0.15) is 25.5 Å². The van der Waals surface area contributed by atoms with Gasteiger partial charge in [0.2, 0.25) is 5.95 Å². The monoisotopic (exact) mass is 457 g/mol. The van der Waals surface area contributed by atoms with Crippen LogP contribution >= 0.6 is 0 Å². The van der Waals surface area contributed by atoms with Crippen LogP contribution in [0.3, 0.4) is 0 Å². The number of aromatic nitrogens is 4. The zero-order valence-electron chi connectivity index (χ0n) is 18.9. The molecule has 1 saturated carbocycles. The van der Waals surface area contributed by atoms with E-state index in [0.29, 0.717) is 23.1 Å². The molecule has 0 saturated heterocycles. The number of fused-ring (bicyclic) bond motifs is 1. The van der Waals surface area contributed by atoms with Crippen molar-refractivity contribution in [3.63, 3.8) is 0 Å². The van der Waals surface area contributed by atoms with Gasteiger partial charge in [-0.1, -0.05) is 6.07 Å². The smallest absolute Gasteiger partial charge is 0.321 e. The van der Waals surface area contributed by atoms with Gasteiger partial charge in [0.15, 0.2) is 0 Å². The van der Waals surface area contributed by atoms with Gasteiger partial charge in [-0.15, -0.1) is 0 Å². The average molecular weight is 458 g/mol. The van der Waals surface area contributed by atoms with Gasteiger partial charge in [0.05, 0.1) is 11.2 Å². The van der Waals surface area contributed by atoms with Crippen LogP contribution < -0.4 is 10.6 Å². The molecule has 3 heterocycles. The van der Waals surface area contributed by atoms with Crippen LogP contribution in [0, 0.1) is 5.82 Å². The highest BCUT2D eigenvalue weighted by Crippen LogP contribution is 2.46.